The van der Waals surface area contributed by atoms with E-state index in [2.05, 4.69) is 15.3 Å². The Morgan fingerprint density at radius 1 is 1.50 bits per heavy atom. The number of hydrogen-bond donors (Lipinski definition) is 1. The van der Waals surface area contributed by atoms with E-state index in [1.807, 2.05) is 0 Å². The van der Waals surface area contributed by atoms with Crippen molar-refractivity contribution >= 4 is 12.4 Å². The number of halogens is 1. The zero-order chi connectivity index (χ0) is 10.9. The third-order valence-corrected chi connectivity index (χ3v) is 3.10. The molecular weight excluding hydrogens is 236 g/mol. The van der Waals surface area contributed by atoms with Crippen molar-refractivity contribution in [1.29, 1.82) is 0 Å². The number of azide groups is 1. The number of nitrogens with one attached hydrogen (secondary N) is 1. The molecule has 0 aromatic carbocycles. The lowest BCUT2D eigenvalue weighted by Crippen LogP contribution is -2.51. The van der Waals surface area contributed by atoms with Crippen LogP contribution in [0.2, 0.25) is 0 Å². The van der Waals surface area contributed by atoms with Crippen LogP contribution in [0.3, 0.4) is 0 Å². The van der Waals surface area contributed by atoms with E-state index in [0.29, 0.717) is 13.2 Å². The Morgan fingerprint density at radius 3 is 2.75 bits per heavy atom. The van der Waals surface area contributed by atoms with Gasteiger partial charge in [0.15, 0.2) is 0 Å². The predicted molar refractivity (Wildman–Crippen MR) is 58.5 cm³/mol. The lowest BCUT2D eigenvalue weighted by atomic mass is 10.0. The fourth-order valence-corrected chi connectivity index (χ4v) is 2.25. The van der Waals surface area contributed by atoms with Gasteiger partial charge in [-0.3, -0.25) is 0 Å². The van der Waals surface area contributed by atoms with Crippen molar-refractivity contribution in [3.63, 3.8) is 0 Å². The van der Waals surface area contributed by atoms with Crippen LogP contribution < -0.4 is 5.32 Å². The molecule has 3 atom stereocenters. The molecule has 0 radical (unpaired) electrons. The molecular formula is C8H15ClN4O3. The second-order valence-electron chi connectivity index (χ2n) is 3.65. The Hall–Kier alpha value is -0.560. The molecule has 0 bridgehead atoms. The molecule has 2 saturated heterocycles. The second-order valence-corrected chi connectivity index (χ2v) is 3.65. The van der Waals surface area contributed by atoms with Crippen LogP contribution >= 0.6 is 12.4 Å². The van der Waals surface area contributed by atoms with E-state index in [9.17, 15) is 0 Å². The topological polar surface area (TPSA) is 88.5 Å². The Morgan fingerprint density at radius 2 is 2.19 bits per heavy atom. The molecule has 2 rings (SSSR count). The van der Waals surface area contributed by atoms with E-state index in [1.165, 1.54) is 0 Å². The van der Waals surface area contributed by atoms with Crippen LogP contribution in [0.25, 0.3) is 10.4 Å². The van der Waals surface area contributed by atoms with Crippen molar-refractivity contribution in [2.75, 3.05) is 27.4 Å². The molecule has 0 aliphatic carbocycles. The number of nitrogens with zero attached hydrogens (tertiary/aromatic N) is 3. The van der Waals surface area contributed by atoms with Crippen LogP contribution in [0.15, 0.2) is 5.11 Å². The van der Waals surface area contributed by atoms with Gasteiger partial charge < -0.3 is 19.5 Å². The highest BCUT2D eigenvalue weighted by molar-refractivity contribution is 5.85. The van der Waals surface area contributed by atoms with Gasteiger partial charge in [0.2, 0.25) is 5.79 Å². The van der Waals surface area contributed by atoms with Crippen LogP contribution in [0.1, 0.15) is 0 Å². The quantitative estimate of drug-likeness (QED) is 0.341. The summed E-state index contributed by atoms with van der Waals surface area (Å²) in [7, 11) is 3.16. The summed E-state index contributed by atoms with van der Waals surface area (Å²) < 4.78 is 16.3. The van der Waals surface area contributed by atoms with Gasteiger partial charge in [-0.15, -0.1) is 12.4 Å². The van der Waals surface area contributed by atoms with Gasteiger partial charge in [-0.1, -0.05) is 5.11 Å². The van der Waals surface area contributed by atoms with Crippen molar-refractivity contribution < 1.29 is 14.2 Å². The predicted octanol–water partition coefficient (Wildman–Crippen LogP) is 0.447. The molecule has 2 aliphatic rings. The highest BCUT2D eigenvalue weighted by Gasteiger charge is 2.56. The maximum Gasteiger partial charge on any atom is 0.209 e. The first kappa shape index (κ1) is 13.5. The average molecular weight is 251 g/mol. The summed E-state index contributed by atoms with van der Waals surface area (Å²) in [5.41, 5.74) is 8.40. The van der Waals surface area contributed by atoms with E-state index in [1.54, 1.807) is 14.2 Å². The summed E-state index contributed by atoms with van der Waals surface area (Å²) in [6.45, 7) is 0.938. The van der Waals surface area contributed by atoms with Gasteiger partial charge in [0.1, 0.15) is 6.61 Å². The molecule has 16 heavy (non-hydrogen) atoms. The van der Waals surface area contributed by atoms with Gasteiger partial charge in [0.25, 0.3) is 0 Å². The van der Waals surface area contributed by atoms with Gasteiger partial charge in [-0.2, -0.15) is 0 Å². The molecule has 0 amide bonds. The molecule has 8 heteroatoms. The van der Waals surface area contributed by atoms with E-state index in [-0.39, 0.29) is 30.6 Å². The van der Waals surface area contributed by atoms with Gasteiger partial charge in [-0.25, -0.2) is 0 Å². The summed E-state index contributed by atoms with van der Waals surface area (Å²) in [5, 5.41) is 6.89. The monoisotopic (exact) mass is 250 g/mol. The average Bonchev–Trinajstić information content (AvgIpc) is 2.80. The van der Waals surface area contributed by atoms with Crippen LogP contribution in [0.4, 0.5) is 0 Å². The zero-order valence-electron chi connectivity index (χ0n) is 9.12. The Kier molecular flexibility index (Phi) is 4.37. The van der Waals surface area contributed by atoms with Gasteiger partial charge in [-0.05, 0) is 5.53 Å². The third-order valence-electron chi connectivity index (χ3n) is 3.10. The molecule has 2 heterocycles. The lowest BCUT2D eigenvalue weighted by Gasteiger charge is -2.29. The number of ether oxygens (including phenoxy) is 3. The highest BCUT2D eigenvalue weighted by atomic mass is 35.5. The largest absolute Gasteiger partial charge is 0.370 e. The van der Waals surface area contributed by atoms with Crippen molar-refractivity contribution in [1.82, 2.24) is 5.32 Å². The first-order valence-corrected chi connectivity index (χ1v) is 4.77. The Balaban J connectivity index is 0.00000128. The molecule has 0 aromatic rings. The lowest BCUT2D eigenvalue weighted by molar-refractivity contribution is -0.213. The van der Waals surface area contributed by atoms with Crippen molar-refractivity contribution in [3.05, 3.63) is 10.4 Å². The summed E-state index contributed by atoms with van der Waals surface area (Å²) >= 11 is 0. The summed E-state index contributed by atoms with van der Waals surface area (Å²) in [4.78, 5) is 2.80. The van der Waals surface area contributed by atoms with Gasteiger partial charge >= 0.3 is 0 Å². The van der Waals surface area contributed by atoms with Crippen molar-refractivity contribution in [2.45, 2.75) is 24.0 Å². The molecule has 92 valence electrons. The summed E-state index contributed by atoms with van der Waals surface area (Å²) in [6.07, 6.45) is -0.166. The minimum absolute atomic E-state index is 0. The van der Waals surface area contributed by atoms with E-state index in [4.69, 9.17) is 19.7 Å². The third kappa shape index (κ3) is 1.86. The smallest absolute Gasteiger partial charge is 0.209 e. The zero-order valence-corrected chi connectivity index (χ0v) is 9.94. The summed E-state index contributed by atoms with van der Waals surface area (Å²) in [5.74, 6) is -0.760. The number of rotatable bonds is 3. The van der Waals surface area contributed by atoms with Crippen molar-refractivity contribution in [3.8, 4) is 0 Å². The molecule has 3 unspecified atom stereocenters. The van der Waals surface area contributed by atoms with Crippen LogP contribution in [0.5, 0.6) is 0 Å². The van der Waals surface area contributed by atoms with E-state index >= 15 is 0 Å². The fourth-order valence-electron chi connectivity index (χ4n) is 2.25. The first-order valence-electron chi connectivity index (χ1n) is 4.77. The number of methoxy groups -OCH3 is 2. The van der Waals surface area contributed by atoms with Gasteiger partial charge in [0.05, 0.1) is 18.2 Å². The van der Waals surface area contributed by atoms with Crippen LogP contribution in [-0.2, 0) is 14.2 Å². The highest BCUT2D eigenvalue weighted by Crippen LogP contribution is 2.34. The molecule has 7 nitrogen and oxygen atoms in total. The molecule has 0 aromatic heterocycles. The SMILES string of the molecule is COC1(OC)COC2C(N=[N+]=[N-])CNC21.Cl. The van der Waals surface area contributed by atoms with Crippen LogP contribution in [-0.4, -0.2) is 51.3 Å². The second kappa shape index (κ2) is 5.18. The fraction of sp³-hybridized carbons (Fsp3) is 1.00. The molecule has 0 saturated carbocycles. The van der Waals surface area contributed by atoms with Crippen LogP contribution in [0, 0.1) is 0 Å². The van der Waals surface area contributed by atoms with E-state index in [0.717, 1.165) is 0 Å². The molecule has 2 aliphatic heterocycles. The minimum Gasteiger partial charge on any atom is -0.370 e. The van der Waals surface area contributed by atoms with Gasteiger partial charge in [0, 0.05) is 25.7 Å². The number of fused-ring (bicyclic) bond motifs is 1. The number of hydrogen-bond acceptors (Lipinski definition) is 5. The normalized spacial score (nSPS) is 35.0. The Labute approximate surface area is 99.5 Å². The first-order chi connectivity index (χ1) is 7.27. The maximum atomic E-state index is 8.40. The molecule has 1 N–H and O–H groups in total. The van der Waals surface area contributed by atoms with Crippen molar-refractivity contribution in [2.24, 2.45) is 5.11 Å². The standard InChI is InChI=1S/C8H14N4O3.ClH/c1-13-8(14-2)4-15-6-5(11-12-9)3-10-7(6)8;/h5-7,10H,3-4H2,1-2H3;1H. The Bertz CT molecular complexity index is 293. The summed E-state index contributed by atoms with van der Waals surface area (Å²) in [6, 6.07) is -0.268. The minimum atomic E-state index is -0.760. The maximum absolute atomic E-state index is 8.40. The molecule has 0 spiro atoms. The molecule has 2 fully saturated rings. The van der Waals surface area contributed by atoms with E-state index < -0.39 is 5.79 Å².